The summed E-state index contributed by atoms with van der Waals surface area (Å²) in [7, 11) is 0. The van der Waals surface area contributed by atoms with Crippen LogP contribution in [0.4, 0.5) is 13.2 Å². The fourth-order valence-electron chi connectivity index (χ4n) is 2.19. The number of carbonyl (C=O) groups excluding carboxylic acids is 1. The maximum atomic E-state index is 12.8. The molecule has 116 valence electrons. The van der Waals surface area contributed by atoms with Crippen LogP contribution in [0.15, 0.2) is 22.7 Å². The largest absolute Gasteiger partial charge is 0.416 e. The number of rotatable bonds is 2. The molecule has 1 aliphatic heterocycles. The summed E-state index contributed by atoms with van der Waals surface area (Å²) in [5, 5.41) is 0.354. The van der Waals surface area contributed by atoms with Gasteiger partial charge in [-0.05, 0) is 40.5 Å². The number of halogens is 4. The average molecular weight is 382 g/mol. The number of hydrogen-bond donors (Lipinski definition) is 0. The Balaban J connectivity index is 2.26. The first-order valence-electron chi connectivity index (χ1n) is 6.60. The van der Waals surface area contributed by atoms with Crippen LogP contribution < -0.4 is 0 Å². The molecule has 2 rings (SSSR count). The smallest absolute Gasteiger partial charge is 0.337 e. The molecule has 1 aromatic rings. The molecule has 1 saturated heterocycles. The molecule has 21 heavy (non-hydrogen) atoms. The van der Waals surface area contributed by atoms with E-state index in [0.717, 1.165) is 24.3 Å². The van der Waals surface area contributed by atoms with E-state index >= 15 is 0 Å². The summed E-state index contributed by atoms with van der Waals surface area (Å²) < 4.78 is 38.7. The van der Waals surface area contributed by atoms with Crippen molar-refractivity contribution in [1.29, 1.82) is 0 Å². The lowest BCUT2D eigenvalue weighted by atomic mass is 10.1. The second kappa shape index (κ2) is 6.60. The van der Waals surface area contributed by atoms with Crippen molar-refractivity contribution in [3.05, 3.63) is 33.8 Å². The number of amides is 1. The van der Waals surface area contributed by atoms with Gasteiger partial charge in [0.1, 0.15) is 0 Å². The van der Waals surface area contributed by atoms with Crippen molar-refractivity contribution in [2.75, 3.05) is 18.8 Å². The number of alkyl halides is 3. The van der Waals surface area contributed by atoms with Crippen LogP contribution in [-0.2, 0) is 6.18 Å². The van der Waals surface area contributed by atoms with Crippen molar-refractivity contribution in [1.82, 2.24) is 4.90 Å². The topological polar surface area (TPSA) is 20.3 Å². The molecule has 1 unspecified atom stereocenters. The molecule has 0 bridgehead atoms. The zero-order valence-corrected chi connectivity index (χ0v) is 13.8. The highest BCUT2D eigenvalue weighted by Gasteiger charge is 2.32. The molecular weight excluding hydrogens is 367 g/mol. The minimum atomic E-state index is -4.45. The summed E-state index contributed by atoms with van der Waals surface area (Å²) >= 11 is 4.98. The predicted molar refractivity (Wildman–Crippen MR) is 81.6 cm³/mol. The van der Waals surface area contributed by atoms with Gasteiger partial charge in [0.25, 0.3) is 5.91 Å². The first kappa shape index (κ1) is 16.7. The molecular formula is C14H15BrF3NOS. The molecule has 1 amide bonds. The highest BCUT2D eigenvalue weighted by molar-refractivity contribution is 9.10. The first-order chi connectivity index (χ1) is 9.82. The highest BCUT2D eigenvalue weighted by atomic mass is 79.9. The monoisotopic (exact) mass is 381 g/mol. The summed E-state index contributed by atoms with van der Waals surface area (Å²) in [4.78, 5) is 14.1. The molecule has 0 aliphatic carbocycles. The van der Waals surface area contributed by atoms with Crippen LogP contribution in [0, 0.1) is 0 Å². The summed E-state index contributed by atoms with van der Waals surface area (Å²) in [5.41, 5.74) is -0.723. The molecule has 0 radical (unpaired) electrons. The first-order valence-corrected chi connectivity index (χ1v) is 8.44. The SMILES string of the molecule is CCC1CN(C(=O)c2cc(C(F)(F)F)ccc2Br)CCS1. The number of benzene rings is 1. The number of carbonyl (C=O) groups is 1. The molecule has 7 heteroatoms. The highest BCUT2D eigenvalue weighted by Crippen LogP contribution is 2.33. The van der Waals surface area contributed by atoms with E-state index in [1.54, 1.807) is 16.7 Å². The fourth-order valence-corrected chi connectivity index (χ4v) is 3.78. The maximum Gasteiger partial charge on any atom is 0.416 e. The van der Waals surface area contributed by atoms with Crippen molar-refractivity contribution < 1.29 is 18.0 Å². The lowest BCUT2D eigenvalue weighted by Crippen LogP contribution is -2.41. The summed E-state index contributed by atoms with van der Waals surface area (Å²) in [6.45, 7) is 3.21. The van der Waals surface area contributed by atoms with Gasteiger partial charge in [0.15, 0.2) is 0 Å². The van der Waals surface area contributed by atoms with E-state index in [-0.39, 0.29) is 11.5 Å². The van der Waals surface area contributed by atoms with E-state index in [4.69, 9.17) is 0 Å². The van der Waals surface area contributed by atoms with Gasteiger partial charge in [-0.15, -0.1) is 0 Å². The van der Waals surface area contributed by atoms with Crippen LogP contribution >= 0.6 is 27.7 Å². The standard InChI is InChI=1S/C14H15BrF3NOS/c1-2-10-8-19(5-6-21-10)13(20)11-7-9(14(16,17)18)3-4-12(11)15/h3-4,7,10H,2,5-6,8H2,1H3. The van der Waals surface area contributed by atoms with Gasteiger partial charge in [0.2, 0.25) is 0 Å². The third-order valence-corrected chi connectivity index (χ3v) is 5.47. The second-order valence-electron chi connectivity index (χ2n) is 4.84. The van der Waals surface area contributed by atoms with E-state index < -0.39 is 11.7 Å². The number of hydrogen-bond acceptors (Lipinski definition) is 2. The van der Waals surface area contributed by atoms with Crippen molar-refractivity contribution in [2.45, 2.75) is 24.8 Å². The van der Waals surface area contributed by atoms with Gasteiger partial charge in [0, 0.05) is 28.6 Å². The third-order valence-electron chi connectivity index (χ3n) is 3.41. The lowest BCUT2D eigenvalue weighted by molar-refractivity contribution is -0.137. The van der Waals surface area contributed by atoms with Crippen LogP contribution in [0.1, 0.15) is 29.3 Å². The molecule has 1 fully saturated rings. The Morgan fingerprint density at radius 3 is 2.81 bits per heavy atom. The van der Waals surface area contributed by atoms with Gasteiger partial charge in [-0.2, -0.15) is 24.9 Å². The van der Waals surface area contributed by atoms with Crippen molar-refractivity contribution in [2.24, 2.45) is 0 Å². The minimum Gasteiger partial charge on any atom is -0.337 e. The zero-order chi connectivity index (χ0) is 15.6. The Morgan fingerprint density at radius 2 is 2.19 bits per heavy atom. The fraction of sp³-hybridized carbons (Fsp3) is 0.500. The number of thioether (sulfide) groups is 1. The maximum absolute atomic E-state index is 12.8. The van der Waals surface area contributed by atoms with Gasteiger partial charge in [-0.3, -0.25) is 4.79 Å². The minimum absolute atomic E-state index is 0.0755. The summed E-state index contributed by atoms with van der Waals surface area (Å²) in [6.07, 6.45) is -3.50. The third kappa shape index (κ3) is 3.94. The van der Waals surface area contributed by atoms with E-state index in [1.165, 1.54) is 6.07 Å². The van der Waals surface area contributed by atoms with Crippen LogP contribution in [0.3, 0.4) is 0 Å². The van der Waals surface area contributed by atoms with Gasteiger partial charge in [0.05, 0.1) is 11.1 Å². The Bertz CT molecular complexity index is 535. The Morgan fingerprint density at radius 1 is 1.48 bits per heavy atom. The van der Waals surface area contributed by atoms with Crippen molar-refractivity contribution in [3.8, 4) is 0 Å². The van der Waals surface area contributed by atoms with E-state index in [2.05, 4.69) is 15.9 Å². The molecule has 0 saturated carbocycles. The molecule has 1 heterocycles. The van der Waals surface area contributed by atoms with Crippen LogP contribution in [-0.4, -0.2) is 34.9 Å². The van der Waals surface area contributed by atoms with Gasteiger partial charge in [-0.25, -0.2) is 0 Å². The van der Waals surface area contributed by atoms with E-state index in [9.17, 15) is 18.0 Å². The Kier molecular flexibility index (Phi) is 5.24. The van der Waals surface area contributed by atoms with Gasteiger partial charge in [-0.1, -0.05) is 6.92 Å². The Hall–Kier alpha value is -0.690. The summed E-state index contributed by atoms with van der Waals surface area (Å²) in [5.74, 6) is 0.479. The molecule has 0 aromatic heterocycles. The normalized spacial score (nSPS) is 19.7. The molecule has 1 aromatic carbocycles. The van der Waals surface area contributed by atoms with Gasteiger partial charge < -0.3 is 4.90 Å². The molecule has 0 N–H and O–H groups in total. The van der Waals surface area contributed by atoms with Crippen LogP contribution in [0.25, 0.3) is 0 Å². The van der Waals surface area contributed by atoms with Gasteiger partial charge >= 0.3 is 6.18 Å². The molecule has 1 atom stereocenters. The molecule has 1 aliphatic rings. The predicted octanol–water partition coefficient (Wildman–Crippen LogP) is 4.44. The average Bonchev–Trinajstić information content (AvgIpc) is 2.46. The number of nitrogens with zero attached hydrogens (tertiary/aromatic N) is 1. The van der Waals surface area contributed by atoms with E-state index in [0.29, 0.717) is 22.8 Å². The second-order valence-corrected chi connectivity index (χ2v) is 7.11. The zero-order valence-electron chi connectivity index (χ0n) is 11.4. The summed E-state index contributed by atoms with van der Waals surface area (Å²) in [6, 6.07) is 3.18. The van der Waals surface area contributed by atoms with Crippen molar-refractivity contribution in [3.63, 3.8) is 0 Å². The van der Waals surface area contributed by atoms with Crippen LogP contribution in [0.2, 0.25) is 0 Å². The molecule has 2 nitrogen and oxygen atoms in total. The van der Waals surface area contributed by atoms with E-state index in [1.807, 2.05) is 6.92 Å². The Labute approximate surface area is 134 Å². The molecule has 0 spiro atoms. The van der Waals surface area contributed by atoms with Crippen LogP contribution in [0.5, 0.6) is 0 Å². The quantitative estimate of drug-likeness (QED) is 0.754. The lowest BCUT2D eigenvalue weighted by Gasteiger charge is -2.32. The van der Waals surface area contributed by atoms with Crippen molar-refractivity contribution >= 4 is 33.6 Å².